The summed E-state index contributed by atoms with van der Waals surface area (Å²) in [6.07, 6.45) is 1.59. The van der Waals surface area contributed by atoms with Gasteiger partial charge in [0.05, 0.1) is 11.9 Å². The zero-order valence-electron chi connectivity index (χ0n) is 11.0. The highest BCUT2D eigenvalue weighted by Gasteiger charge is 2.14. The zero-order chi connectivity index (χ0) is 13.3. The topological polar surface area (TPSA) is 55.6 Å². The fraction of sp³-hybridized carbons (Fsp3) is 0.417. The lowest BCUT2D eigenvalue weighted by Gasteiger charge is -2.08. The second kappa shape index (κ2) is 4.94. The third kappa shape index (κ3) is 2.18. The molecule has 2 heterocycles. The minimum atomic E-state index is 0.488. The van der Waals surface area contributed by atoms with Crippen molar-refractivity contribution in [1.82, 2.24) is 19.7 Å². The number of anilines is 1. The third-order valence-corrected chi connectivity index (χ3v) is 3.18. The molecule has 0 spiro atoms. The number of hydrogen-bond donors (Lipinski definition) is 1. The predicted molar refractivity (Wildman–Crippen MR) is 72.5 cm³/mol. The molecule has 0 fully saturated rings. The number of nitrogens with one attached hydrogen (secondary N) is 1. The highest BCUT2D eigenvalue weighted by atomic mass is 35.5. The molecule has 0 aliphatic heterocycles. The van der Waals surface area contributed by atoms with Gasteiger partial charge in [-0.2, -0.15) is 10.1 Å². The van der Waals surface area contributed by atoms with Crippen LogP contribution in [0.3, 0.4) is 0 Å². The fourth-order valence-corrected chi connectivity index (χ4v) is 1.85. The second-order valence-corrected chi connectivity index (χ2v) is 4.51. The van der Waals surface area contributed by atoms with Crippen LogP contribution in [0.15, 0.2) is 6.20 Å². The van der Waals surface area contributed by atoms with Crippen LogP contribution in [0.1, 0.15) is 23.9 Å². The van der Waals surface area contributed by atoms with Gasteiger partial charge >= 0.3 is 0 Å². The van der Waals surface area contributed by atoms with E-state index in [1.165, 1.54) is 0 Å². The van der Waals surface area contributed by atoms with Gasteiger partial charge in [-0.3, -0.25) is 0 Å². The average Bonchev–Trinajstić information content (AvgIpc) is 2.60. The maximum Gasteiger partial charge on any atom is 0.224 e. The lowest BCUT2D eigenvalue weighted by atomic mass is 10.2. The molecule has 0 aliphatic carbocycles. The molecule has 0 amide bonds. The van der Waals surface area contributed by atoms with Gasteiger partial charge in [0.2, 0.25) is 5.95 Å². The molecule has 0 saturated heterocycles. The van der Waals surface area contributed by atoms with Gasteiger partial charge in [-0.1, -0.05) is 11.6 Å². The predicted octanol–water partition coefficient (Wildman–Crippen LogP) is 2.67. The van der Waals surface area contributed by atoms with Crippen LogP contribution in [-0.4, -0.2) is 26.3 Å². The van der Waals surface area contributed by atoms with Crippen molar-refractivity contribution < 1.29 is 0 Å². The molecule has 0 unspecified atom stereocenters. The molecule has 2 aromatic heterocycles. The van der Waals surface area contributed by atoms with Crippen LogP contribution in [0.4, 0.5) is 5.95 Å². The smallest absolute Gasteiger partial charge is 0.224 e. The van der Waals surface area contributed by atoms with Crippen LogP contribution >= 0.6 is 11.6 Å². The van der Waals surface area contributed by atoms with E-state index in [1.807, 2.05) is 27.7 Å². The van der Waals surface area contributed by atoms with Crippen LogP contribution in [0.25, 0.3) is 5.82 Å². The van der Waals surface area contributed by atoms with E-state index in [2.05, 4.69) is 20.4 Å². The van der Waals surface area contributed by atoms with Crippen molar-refractivity contribution in [3.63, 3.8) is 0 Å². The van der Waals surface area contributed by atoms with Gasteiger partial charge < -0.3 is 5.32 Å². The first-order valence-corrected chi connectivity index (χ1v) is 6.22. The van der Waals surface area contributed by atoms with Gasteiger partial charge in [0.25, 0.3) is 0 Å². The SMILES string of the molecule is CCNc1ncc(Cl)c(-n2nc(C)c(C)c2C)n1. The first kappa shape index (κ1) is 12.8. The van der Waals surface area contributed by atoms with Crippen molar-refractivity contribution in [2.24, 2.45) is 0 Å². The Bertz CT molecular complexity index is 576. The summed E-state index contributed by atoms with van der Waals surface area (Å²) in [6.45, 7) is 8.76. The van der Waals surface area contributed by atoms with Gasteiger partial charge in [-0.25, -0.2) is 9.67 Å². The summed E-state index contributed by atoms with van der Waals surface area (Å²) < 4.78 is 1.76. The fourth-order valence-electron chi connectivity index (χ4n) is 1.68. The molecule has 0 saturated carbocycles. The van der Waals surface area contributed by atoms with E-state index in [0.717, 1.165) is 23.5 Å². The molecule has 1 N–H and O–H groups in total. The summed E-state index contributed by atoms with van der Waals surface area (Å²) >= 11 is 6.15. The van der Waals surface area contributed by atoms with Crippen molar-refractivity contribution >= 4 is 17.5 Å². The van der Waals surface area contributed by atoms with E-state index < -0.39 is 0 Å². The first-order chi connectivity index (χ1) is 8.54. The monoisotopic (exact) mass is 265 g/mol. The van der Waals surface area contributed by atoms with Crippen molar-refractivity contribution in [3.05, 3.63) is 28.2 Å². The van der Waals surface area contributed by atoms with Crippen molar-refractivity contribution in [1.29, 1.82) is 0 Å². The summed E-state index contributed by atoms with van der Waals surface area (Å²) in [6, 6.07) is 0. The summed E-state index contributed by atoms with van der Waals surface area (Å²) in [5, 5.41) is 8.01. The summed E-state index contributed by atoms with van der Waals surface area (Å²) in [4.78, 5) is 8.51. The molecule has 6 heteroatoms. The van der Waals surface area contributed by atoms with E-state index in [9.17, 15) is 0 Å². The van der Waals surface area contributed by atoms with Crippen LogP contribution < -0.4 is 5.32 Å². The quantitative estimate of drug-likeness (QED) is 0.927. The highest BCUT2D eigenvalue weighted by molar-refractivity contribution is 6.32. The number of aromatic nitrogens is 4. The number of aryl methyl sites for hydroxylation is 1. The number of hydrogen-bond acceptors (Lipinski definition) is 4. The number of halogens is 1. The van der Waals surface area contributed by atoms with E-state index in [0.29, 0.717) is 16.8 Å². The molecule has 0 bridgehead atoms. The highest BCUT2D eigenvalue weighted by Crippen LogP contribution is 2.22. The van der Waals surface area contributed by atoms with Crippen molar-refractivity contribution in [2.45, 2.75) is 27.7 Å². The van der Waals surface area contributed by atoms with Gasteiger partial charge in [0, 0.05) is 12.2 Å². The minimum Gasteiger partial charge on any atom is -0.354 e. The molecule has 96 valence electrons. The summed E-state index contributed by atoms with van der Waals surface area (Å²) in [5.41, 5.74) is 3.16. The Hall–Kier alpha value is -1.62. The summed E-state index contributed by atoms with van der Waals surface area (Å²) in [5.74, 6) is 1.17. The van der Waals surface area contributed by atoms with Crippen LogP contribution in [0, 0.1) is 20.8 Å². The lowest BCUT2D eigenvalue weighted by Crippen LogP contribution is -2.08. The van der Waals surface area contributed by atoms with Crippen LogP contribution in [0.5, 0.6) is 0 Å². The summed E-state index contributed by atoms with van der Waals surface area (Å²) in [7, 11) is 0. The maximum atomic E-state index is 6.15. The van der Waals surface area contributed by atoms with Gasteiger partial charge in [0.15, 0.2) is 5.82 Å². The third-order valence-electron chi connectivity index (χ3n) is 2.91. The maximum absolute atomic E-state index is 6.15. The lowest BCUT2D eigenvalue weighted by molar-refractivity contribution is 0.801. The van der Waals surface area contributed by atoms with E-state index in [1.54, 1.807) is 10.9 Å². The molecular weight excluding hydrogens is 250 g/mol. The molecule has 2 rings (SSSR count). The second-order valence-electron chi connectivity index (χ2n) is 4.10. The van der Waals surface area contributed by atoms with Gasteiger partial charge in [-0.15, -0.1) is 0 Å². The molecule has 0 radical (unpaired) electrons. The molecule has 0 aliphatic rings. The Kier molecular flexibility index (Phi) is 3.52. The molecule has 0 aromatic carbocycles. The molecule has 5 nitrogen and oxygen atoms in total. The molecule has 2 aromatic rings. The Morgan fingerprint density at radius 2 is 2.06 bits per heavy atom. The Morgan fingerprint density at radius 1 is 1.33 bits per heavy atom. The Morgan fingerprint density at radius 3 is 2.61 bits per heavy atom. The Labute approximate surface area is 111 Å². The zero-order valence-corrected chi connectivity index (χ0v) is 11.7. The normalized spacial score (nSPS) is 10.7. The van der Waals surface area contributed by atoms with Crippen LogP contribution in [0.2, 0.25) is 5.02 Å². The standard InChI is InChI=1S/C12H16ClN5/c1-5-14-12-15-6-10(13)11(16-12)18-9(4)7(2)8(3)17-18/h6H,5H2,1-4H3,(H,14,15,16). The number of nitrogens with zero attached hydrogens (tertiary/aromatic N) is 4. The van der Waals surface area contributed by atoms with Gasteiger partial charge in [0.1, 0.15) is 5.02 Å². The minimum absolute atomic E-state index is 0.488. The van der Waals surface area contributed by atoms with E-state index in [-0.39, 0.29) is 0 Å². The molecular formula is C12H16ClN5. The van der Waals surface area contributed by atoms with E-state index in [4.69, 9.17) is 11.6 Å². The number of rotatable bonds is 3. The van der Waals surface area contributed by atoms with Crippen molar-refractivity contribution in [3.8, 4) is 5.82 Å². The van der Waals surface area contributed by atoms with Gasteiger partial charge in [-0.05, 0) is 33.3 Å². The van der Waals surface area contributed by atoms with E-state index >= 15 is 0 Å². The Balaban J connectivity index is 2.55. The largest absolute Gasteiger partial charge is 0.354 e. The molecule has 18 heavy (non-hydrogen) atoms. The van der Waals surface area contributed by atoms with Crippen LogP contribution in [-0.2, 0) is 0 Å². The first-order valence-electron chi connectivity index (χ1n) is 5.84. The van der Waals surface area contributed by atoms with Crippen molar-refractivity contribution in [2.75, 3.05) is 11.9 Å². The average molecular weight is 266 g/mol. The molecule has 0 atom stereocenters.